The molecule has 0 N–H and O–H groups in total. The minimum Gasteiger partial charge on any atom is -0.496 e. The number of anilines is 1. The molecule has 1 aliphatic heterocycles. The number of methoxy groups -OCH3 is 1. The fraction of sp³-hybridized carbons (Fsp3) is 0.381. The third kappa shape index (κ3) is 3.93. The van der Waals surface area contributed by atoms with Gasteiger partial charge in [-0.25, -0.2) is 0 Å². The summed E-state index contributed by atoms with van der Waals surface area (Å²) in [5.41, 5.74) is 1.71. The van der Waals surface area contributed by atoms with Crippen LogP contribution < -0.4 is 14.4 Å². The van der Waals surface area contributed by atoms with Crippen LogP contribution in [0, 0.1) is 0 Å². The van der Waals surface area contributed by atoms with Crippen molar-refractivity contribution in [2.45, 2.75) is 20.0 Å². The molecule has 0 bridgehead atoms. The third-order valence-corrected chi connectivity index (χ3v) is 4.47. The monoisotopic (exact) mass is 354 g/mol. The van der Waals surface area contributed by atoms with Crippen molar-refractivity contribution in [3.8, 4) is 11.5 Å². The quantitative estimate of drug-likeness (QED) is 0.825. The molecule has 0 aromatic heterocycles. The normalized spacial score (nSPS) is 14.5. The summed E-state index contributed by atoms with van der Waals surface area (Å²) in [6, 6.07) is 15.5. The van der Waals surface area contributed by atoms with Gasteiger partial charge in [0.05, 0.1) is 24.5 Å². The van der Waals surface area contributed by atoms with E-state index in [4.69, 9.17) is 9.47 Å². The fourth-order valence-electron chi connectivity index (χ4n) is 3.21. The zero-order chi connectivity index (χ0) is 18.5. The summed E-state index contributed by atoms with van der Waals surface area (Å²) in [4.78, 5) is 17.0. The molecule has 0 radical (unpaired) electrons. The molecule has 5 heteroatoms. The largest absolute Gasteiger partial charge is 0.496 e. The molecule has 0 aliphatic carbocycles. The van der Waals surface area contributed by atoms with E-state index in [0.29, 0.717) is 24.4 Å². The minimum atomic E-state index is 0.0221. The Morgan fingerprint density at radius 3 is 2.19 bits per heavy atom. The Morgan fingerprint density at radius 1 is 0.923 bits per heavy atom. The number of hydrogen-bond acceptors (Lipinski definition) is 4. The van der Waals surface area contributed by atoms with Gasteiger partial charge >= 0.3 is 0 Å². The highest BCUT2D eigenvalue weighted by Crippen LogP contribution is 2.30. The second-order valence-electron chi connectivity index (χ2n) is 6.61. The molecule has 1 saturated heterocycles. The highest BCUT2D eigenvalue weighted by molar-refractivity contribution is 5.97. The molecule has 0 spiro atoms. The second kappa shape index (κ2) is 8.13. The zero-order valence-electron chi connectivity index (χ0n) is 15.6. The molecular formula is C21H26N2O3. The standard InChI is InChI=1S/C21H26N2O3/c1-16(2)26-20-11-7-5-9-18(20)22-12-14-23(15-13-22)21(24)17-8-4-6-10-19(17)25-3/h4-11,16H,12-15H2,1-3H3. The van der Waals surface area contributed by atoms with Crippen LogP contribution in [0.5, 0.6) is 11.5 Å². The molecule has 1 aliphatic rings. The molecule has 0 unspecified atom stereocenters. The number of carbonyl (C=O) groups is 1. The first-order valence-electron chi connectivity index (χ1n) is 9.03. The maximum absolute atomic E-state index is 12.8. The van der Waals surface area contributed by atoms with Gasteiger partial charge in [-0.1, -0.05) is 24.3 Å². The Bertz CT molecular complexity index is 752. The Kier molecular flexibility index (Phi) is 5.66. The highest BCUT2D eigenvalue weighted by atomic mass is 16.5. The first-order valence-corrected chi connectivity index (χ1v) is 9.03. The molecule has 26 heavy (non-hydrogen) atoms. The van der Waals surface area contributed by atoms with E-state index < -0.39 is 0 Å². The number of ether oxygens (including phenoxy) is 2. The van der Waals surface area contributed by atoms with Gasteiger partial charge in [-0.05, 0) is 38.1 Å². The van der Waals surface area contributed by atoms with Crippen LogP contribution in [0.25, 0.3) is 0 Å². The zero-order valence-corrected chi connectivity index (χ0v) is 15.6. The van der Waals surface area contributed by atoms with Crippen LogP contribution in [0.15, 0.2) is 48.5 Å². The lowest BCUT2D eigenvalue weighted by atomic mass is 10.1. The lowest BCUT2D eigenvalue weighted by molar-refractivity contribution is 0.0743. The molecule has 3 rings (SSSR count). The van der Waals surface area contributed by atoms with E-state index in [2.05, 4.69) is 11.0 Å². The summed E-state index contributed by atoms with van der Waals surface area (Å²) >= 11 is 0. The average molecular weight is 354 g/mol. The summed E-state index contributed by atoms with van der Waals surface area (Å²) in [5.74, 6) is 1.54. The molecular weight excluding hydrogens is 328 g/mol. The SMILES string of the molecule is COc1ccccc1C(=O)N1CCN(c2ccccc2OC(C)C)CC1. The minimum absolute atomic E-state index is 0.0221. The topological polar surface area (TPSA) is 42.0 Å². The number of carbonyl (C=O) groups excluding carboxylic acids is 1. The number of amides is 1. The molecule has 2 aromatic rings. The van der Waals surface area contributed by atoms with E-state index in [0.717, 1.165) is 24.5 Å². The smallest absolute Gasteiger partial charge is 0.257 e. The number of hydrogen-bond donors (Lipinski definition) is 0. The van der Waals surface area contributed by atoms with Gasteiger partial charge in [0.2, 0.25) is 0 Å². The van der Waals surface area contributed by atoms with Crippen molar-refractivity contribution in [2.24, 2.45) is 0 Å². The Labute approximate surface area is 155 Å². The van der Waals surface area contributed by atoms with Crippen molar-refractivity contribution >= 4 is 11.6 Å². The maximum Gasteiger partial charge on any atom is 0.257 e. The molecule has 2 aromatic carbocycles. The van der Waals surface area contributed by atoms with E-state index >= 15 is 0 Å². The molecule has 0 saturated carbocycles. The van der Waals surface area contributed by atoms with Crippen LogP contribution in [-0.4, -0.2) is 50.2 Å². The molecule has 138 valence electrons. The van der Waals surface area contributed by atoms with E-state index in [1.54, 1.807) is 7.11 Å². The van der Waals surface area contributed by atoms with E-state index in [9.17, 15) is 4.79 Å². The predicted molar refractivity (Wildman–Crippen MR) is 103 cm³/mol. The Morgan fingerprint density at radius 2 is 1.54 bits per heavy atom. The summed E-state index contributed by atoms with van der Waals surface area (Å²) in [6.45, 7) is 6.96. The van der Waals surface area contributed by atoms with E-state index in [-0.39, 0.29) is 12.0 Å². The van der Waals surface area contributed by atoms with E-state index in [1.165, 1.54) is 0 Å². The number of piperazine rings is 1. The highest BCUT2D eigenvalue weighted by Gasteiger charge is 2.25. The fourth-order valence-corrected chi connectivity index (χ4v) is 3.21. The first-order chi connectivity index (χ1) is 12.6. The van der Waals surface area contributed by atoms with Crippen LogP contribution in [0.4, 0.5) is 5.69 Å². The number of rotatable bonds is 5. The van der Waals surface area contributed by atoms with Gasteiger partial charge in [0.15, 0.2) is 0 Å². The summed E-state index contributed by atoms with van der Waals surface area (Å²) in [5, 5.41) is 0. The summed E-state index contributed by atoms with van der Waals surface area (Å²) in [7, 11) is 1.59. The lowest BCUT2D eigenvalue weighted by Gasteiger charge is -2.37. The second-order valence-corrected chi connectivity index (χ2v) is 6.61. The average Bonchev–Trinajstić information content (AvgIpc) is 2.67. The Hall–Kier alpha value is -2.69. The predicted octanol–water partition coefficient (Wildman–Crippen LogP) is 3.44. The van der Waals surface area contributed by atoms with Gasteiger partial charge < -0.3 is 19.3 Å². The molecule has 1 amide bonds. The van der Waals surface area contributed by atoms with Gasteiger partial charge in [-0.15, -0.1) is 0 Å². The van der Waals surface area contributed by atoms with Crippen molar-refractivity contribution in [1.29, 1.82) is 0 Å². The number of nitrogens with zero attached hydrogens (tertiary/aromatic N) is 2. The lowest BCUT2D eigenvalue weighted by Crippen LogP contribution is -2.49. The van der Waals surface area contributed by atoms with Crippen LogP contribution >= 0.6 is 0 Å². The van der Waals surface area contributed by atoms with Gasteiger partial charge in [-0.3, -0.25) is 4.79 Å². The molecule has 0 atom stereocenters. The van der Waals surface area contributed by atoms with Crippen molar-refractivity contribution in [3.05, 3.63) is 54.1 Å². The first kappa shape index (κ1) is 18.1. The van der Waals surface area contributed by atoms with Gasteiger partial charge in [0.25, 0.3) is 5.91 Å². The van der Waals surface area contributed by atoms with Gasteiger partial charge in [0.1, 0.15) is 11.5 Å². The van der Waals surface area contributed by atoms with Crippen molar-refractivity contribution in [2.75, 3.05) is 38.2 Å². The van der Waals surface area contributed by atoms with Crippen molar-refractivity contribution in [3.63, 3.8) is 0 Å². The van der Waals surface area contributed by atoms with Crippen LogP contribution in [0.1, 0.15) is 24.2 Å². The van der Waals surface area contributed by atoms with E-state index in [1.807, 2.05) is 61.2 Å². The number of benzene rings is 2. The third-order valence-electron chi connectivity index (χ3n) is 4.47. The molecule has 1 fully saturated rings. The van der Waals surface area contributed by atoms with Crippen LogP contribution in [0.3, 0.4) is 0 Å². The number of para-hydroxylation sites is 3. The van der Waals surface area contributed by atoms with Gasteiger partial charge in [-0.2, -0.15) is 0 Å². The van der Waals surface area contributed by atoms with Gasteiger partial charge in [0, 0.05) is 26.2 Å². The van der Waals surface area contributed by atoms with Crippen molar-refractivity contribution < 1.29 is 14.3 Å². The van der Waals surface area contributed by atoms with Crippen LogP contribution in [-0.2, 0) is 0 Å². The van der Waals surface area contributed by atoms with Crippen LogP contribution in [0.2, 0.25) is 0 Å². The molecule has 5 nitrogen and oxygen atoms in total. The Balaban J connectivity index is 1.69. The van der Waals surface area contributed by atoms with Crippen molar-refractivity contribution in [1.82, 2.24) is 4.90 Å². The summed E-state index contributed by atoms with van der Waals surface area (Å²) in [6.07, 6.45) is 0.129. The summed E-state index contributed by atoms with van der Waals surface area (Å²) < 4.78 is 11.3. The molecule has 1 heterocycles. The maximum atomic E-state index is 12.8.